The van der Waals surface area contributed by atoms with Gasteiger partial charge in [-0.05, 0) is 38.5 Å². The average molecular weight is 256 g/mol. The van der Waals surface area contributed by atoms with Gasteiger partial charge in [-0.25, -0.2) is 0 Å². The number of nitrogens with one attached hydrogen (secondary N) is 2. The Balaban J connectivity index is 2.23. The first-order chi connectivity index (χ1) is 8.52. The van der Waals surface area contributed by atoms with Crippen molar-refractivity contribution in [1.29, 1.82) is 0 Å². The minimum absolute atomic E-state index is 0.104. The molecule has 4 heteroatoms. The summed E-state index contributed by atoms with van der Waals surface area (Å²) in [5, 5.41) is 6.38. The van der Waals surface area contributed by atoms with Crippen LogP contribution >= 0.6 is 0 Å². The quantitative estimate of drug-likeness (QED) is 0.760. The van der Waals surface area contributed by atoms with E-state index in [1.165, 1.54) is 0 Å². The van der Waals surface area contributed by atoms with Gasteiger partial charge in [0.15, 0.2) is 0 Å². The Morgan fingerprint density at radius 2 is 1.83 bits per heavy atom. The van der Waals surface area contributed by atoms with Gasteiger partial charge in [0.05, 0.1) is 12.1 Å². The van der Waals surface area contributed by atoms with Gasteiger partial charge in [-0.3, -0.25) is 4.79 Å². The van der Waals surface area contributed by atoms with Crippen LogP contribution < -0.4 is 10.6 Å². The highest BCUT2D eigenvalue weighted by Crippen LogP contribution is 2.20. The molecule has 4 nitrogen and oxygen atoms in total. The van der Waals surface area contributed by atoms with E-state index < -0.39 is 0 Å². The molecule has 0 radical (unpaired) electrons. The summed E-state index contributed by atoms with van der Waals surface area (Å²) < 4.78 is 5.35. The summed E-state index contributed by atoms with van der Waals surface area (Å²) >= 11 is 0. The van der Waals surface area contributed by atoms with Crippen LogP contribution in [0.25, 0.3) is 0 Å². The zero-order chi connectivity index (χ0) is 13.5. The number of ether oxygens (including phenoxy) is 1. The molecule has 0 aromatic carbocycles. The molecule has 0 aromatic rings. The summed E-state index contributed by atoms with van der Waals surface area (Å²) in [7, 11) is 1.78. The van der Waals surface area contributed by atoms with Crippen LogP contribution in [0.3, 0.4) is 0 Å². The van der Waals surface area contributed by atoms with Crippen molar-refractivity contribution in [1.82, 2.24) is 10.6 Å². The van der Waals surface area contributed by atoms with E-state index in [1.54, 1.807) is 7.11 Å². The zero-order valence-electron chi connectivity index (χ0n) is 12.2. The third-order valence-electron chi connectivity index (χ3n) is 3.57. The summed E-state index contributed by atoms with van der Waals surface area (Å²) in [6, 6.07) is 0.351. The molecule has 0 bridgehead atoms. The molecule has 0 heterocycles. The van der Waals surface area contributed by atoms with E-state index in [-0.39, 0.29) is 11.9 Å². The molecule has 1 aliphatic rings. The first-order valence-corrected chi connectivity index (χ1v) is 7.09. The van der Waals surface area contributed by atoms with Crippen LogP contribution in [0.15, 0.2) is 0 Å². The lowest BCUT2D eigenvalue weighted by atomic mass is 9.92. The lowest BCUT2D eigenvalue weighted by Crippen LogP contribution is -2.48. The minimum atomic E-state index is -0.104. The summed E-state index contributed by atoms with van der Waals surface area (Å²) in [6.45, 7) is 6.90. The summed E-state index contributed by atoms with van der Waals surface area (Å²) in [4.78, 5) is 11.8. The molecule has 106 valence electrons. The van der Waals surface area contributed by atoms with Crippen molar-refractivity contribution >= 4 is 5.91 Å². The SMILES string of the molecule is COC1CCC(NC(C)C(=O)NCC(C)C)CC1. The van der Waals surface area contributed by atoms with E-state index >= 15 is 0 Å². The highest BCUT2D eigenvalue weighted by molar-refractivity contribution is 5.81. The molecule has 1 saturated carbocycles. The second-order valence-corrected chi connectivity index (χ2v) is 5.74. The monoisotopic (exact) mass is 256 g/mol. The van der Waals surface area contributed by atoms with Crippen molar-refractivity contribution in [2.45, 2.75) is 64.6 Å². The van der Waals surface area contributed by atoms with E-state index in [4.69, 9.17) is 4.74 Å². The molecule has 0 spiro atoms. The second kappa shape index (κ2) is 7.74. The number of hydrogen-bond acceptors (Lipinski definition) is 3. The fourth-order valence-electron chi connectivity index (χ4n) is 2.35. The average Bonchev–Trinajstić information content (AvgIpc) is 2.36. The molecule has 1 atom stereocenters. The molecule has 1 fully saturated rings. The number of methoxy groups -OCH3 is 1. The van der Waals surface area contributed by atoms with Gasteiger partial charge in [0.1, 0.15) is 0 Å². The Morgan fingerprint density at radius 1 is 1.22 bits per heavy atom. The van der Waals surface area contributed by atoms with Gasteiger partial charge in [0.25, 0.3) is 0 Å². The normalized spacial score (nSPS) is 26.1. The Labute approximate surface area is 111 Å². The summed E-state index contributed by atoms with van der Waals surface area (Å²) in [6.07, 6.45) is 4.79. The molecule has 0 saturated heterocycles. The predicted octanol–water partition coefficient (Wildman–Crippen LogP) is 1.69. The molecule has 18 heavy (non-hydrogen) atoms. The Hall–Kier alpha value is -0.610. The highest BCUT2D eigenvalue weighted by Gasteiger charge is 2.23. The lowest BCUT2D eigenvalue weighted by molar-refractivity contribution is -0.123. The van der Waals surface area contributed by atoms with Crippen molar-refractivity contribution in [2.75, 3.05) is 13.7 Å². The van der Waals surface area contributed by atoms with E-state index in [2.05, 4.69) is 24.5 Å². The van der Waals surface area contributed by atoms with Crippen LogP contribution in [0.4, 0.5) is 0 Å². The topological polar surface area (TPSA) is 50.4 Å². The molecule has 2 N–H and O–H groups in total. The van der Waals surface area contributed by atoms with Crippen LogP contribution in [0.5, 0.6) is 0 Å². The minimum Gasteiger partial charge on any atom is -0.381 e. The van der Waals surface area contributed by atoms with Crippen molar-refractivity contribution in [3.05, 3.63) is 0 Å². The molecule has 0 aliphatic heterocycles. The van der Waals surface area contributed by atoms with Crippen LogP contribution in [0.2, 0.25) is 0 Å². The Bertz CT molecular complexity index is 248. The highest BCUT2D eigenvalue weighted by atomic mass is 16.5. The van der Waals surface area contributed by atoms with Gasteiger partial charge in [-0.1, -0.05) is 13.8 Å². The van der Waals surface area contributed by atoms with E-state index in [9.17, 15) is 4.79 Å². The van der Waals surface area contributed by atoms with Gasteiger partial charge in [0, 0.05) is 19.7 Å². The smallest absolute Gasteiger partial charge is 0.236 e. The third kappa shape index (κ3) is 5.36. The van der Waals surface area contributed by atoms with Gasteiger partial charge >= 0.3 is 0 Å². The fraction of sp³-hybridized carbons (Fsp3) is 0.929. The van der Waals surface area contributed by atoms with E-state index in [0.717, 1.165) is 32.2 Å². The standard InChI is InChI=1S/C14H28N2O2/c1-10(2)9-15-14(17)11(3)16-12-5-7-13(18-4)8-6-12/h10-13,16H,5-9H2,1-4H3,(H,15,17). The van der Waals surface area contributed by atoms with Crippen molar-refractivity contribution in [2.24, 2.45) is 5.92 Å². The van der Waals surface area contributed by atoms with Crippen LogP contribution in [-0.4, -0.2) is 37.7 Å². The molecular formula is C14H28N2O2. The van der Waals surface area contributed by atoms with Gasteiger partial charge < -0.3 is 15.4 Å². The van der Waals surface area contributed by atoms with E-state index in [1.807, 2.05) is 6.92 Å². The molecule has 1 unspecified atom stereocenters. The number of carbonyl (C=O) groups excluding carboxylic acids is 1. The summed E-state index contributed by atoms with van der Waals surface area (Å²) in [5.74, 6) is 0.607. The largest absolute Gasteiger partial charge is 0.381 e. The molecular weight excluding hydrogens is 228 g/mol. The van der Waals surface area contributed by atoms with Gasteiger partial charge in [0.2, 0.25) is 5.91 Å². The summed E-state index contributed by atoms with van der Waals surface area (Å²) in [5.41, 5.74) is 0. The van der Waals surface area contributed by atoms with Gasteiger partial charge in [-0.2, -0.15) is 0 Å². The maximum absolute atomic E-state index is 11.8. The van der Waals surface area contributed by atoms with Crippen molar-refractivity contribution in [3.8, 4) is 0 Å². The van der Waals surface area contributed by atoms with Crippen molar-refractivity contribution in [3.63, 3.8) is 0 Å². The van der Waals surface area contributed by atoms with Crippen LogP contribution in [0, 0.1) is 5.92 Å². The fourth-order valence-corrected chi connectivity index (χ4v) is 2.35. The predicted molar refractivity (Wildman–Crippen MR) is 73.5 cm³/mol. The third-order valence-corrected chi connectivity index (χ3v) is 3.57. The number of rotatable bonds is 6. The number of hydrogen-bond donors (Lipinski definition) is 2. The molecule has 1 rings (SSSR count). The molecule has 0 aromatic heterocycles. The van der Waals surface area contributed by atoms with Crippen molar-refractivity contribution < 1.29 is 9.53 Å². The number of carbonyl (C=O) groups is 1. The number of amides is 1. The van der Waals surface area contributed by atoms with Crippen LogP contribution in [-0.2, 0) is 9.53 Å². The Morgan fingerprint density at radius 3 is 2.33 bits per heavy atom. The maximum Gasteiger partial charge on any atom is 0.236 e. The first-order valence-electron chi connectivity index (χ1n) is 7.09. The molecule has 1 aliphatic carbocycles. The van der Waals surface area contributed by atoms with Gasteiger partial charge in [-0.15, -0.1) is 0 Å². The zero-order valence-corrected chi connectivity index (χ0v) is 12.2. The lowest BCUT2D eigenvalue weighted by Gasteiger charge is -2.30. The maximum atomic E-state index is 11.8. The van der Waals surface area contributed by atoms with E-state index in [0.29, 0.717) is 18.1 Å². The van der Waals surface area contributed by atoms with Crippen LogP contribution in [0.1, 0.15) is 46.5 Å². The second-order valence-electron chi connectivity index (χ2n) is 5.74. The Kier molecular flexibility index (Phi) is 6.65. The molecule has 1 amide bonds. The first kappa shape index (κ1) is 15.4.